The molecule has 0 radical (unpaired) electrons. The van der Waals surface area contributed by atoms with Crippen LogP contribution in [-0.4, -0.2) is 21.1 Å². The SMILES string of the molecule is Cc1[nH]nc2c1C(=O)C[C@H](c1ccccc1O)C2. The van der Waals surface area contributed by atoms with E-state index in [0.717, 1.165) is 22.5 Å². The first-order chi connectivity index (χ1) is 8.66. The Labute approximate surface area is 105 Å². The second-order valence-electron chi connectivity index (χ2n) is 4.76. The standard InChI is InChI=1S/C14H14N2O2/c1-8-14-11(16-15-8)6-9(7-13(14)18)10-4-2-3-5-12(10)17/h2-5,9,17H,6-7H2,1H3,(H,15,16)/t9-/m1/s1. The maximum atomic E-state index is 12.1. The van der Waals surface area contributed by atoms with Crippen molar-refractivity contribution in [3.8, 4) is 5.75 Å². The second kappa shape index (κ2) is 3.98. The monoisotopic (exact) mass is 242 g/mol. The summed E-state index contributed by atoms with van der Waals surface area (Å²) in [6.45, 7) is 1.87. The molecule has 1 aliphatic carbocycles. The van der Waals surface area contributed by atoms with Crippen molar-refractivity contribution in [2.75, 3.05) is 0 Å². The number of phenolic OH excluding ortho intramolecular Hbond substituents is 1. The summed E-state index contributed by atoms with van der Waals surface area (Å²) in [5.74, 6) is 0.385. The van der Waals surface area contributed by atoms with Crippen molar-refractivity contribution in [2.24, 2.45) is 0 Å². The van der Waals surface area contributed by atoms with E-state index in [4.69, 9.17) is 0 Å². The number of nitrogens with one attached hydrogen (secondary N) is 1. The van der Waals surface area contributed by atoms with E-state index in [2.05, 4.69) is 10.2 Å². The Morgan fingerprint density at radius 1 is 1.33 bits per heavy atom. The molecule has 18 heavy (non-hydrogen) atoms. The number of nitrogens with zero attached hydrogens (tertiary/aromatic N) is 1. The molecule has 2 aromatic rings. The minimum atomic E-state index is 0.0221. The van der Waals surface area contributed by atoms with E-state index in [1.165, 1.54) is 0 Å². The zero-order valence-corrected chi connectivity index (χ0v) is 10.1. The van der Waals surface area contributed by atoms with E-state index < -0.39 is 0 Å². The highest BCUT2D eigenvalue weighted by Gasteiger charge is 2.30. The number of carbonyl (C=O) groups is 1. The molecular formula is C14H14N2O2. The third-order valence-corrected chi connectivity index (χ3v) is 3.55. The van der Waals surface area contributed by atoms with Crippen LogP contribution in [0.4, 0.5) is 0 Å². The van der Waals surface area contributed by atoms with E-state index in [1.807, 2.05) is 19.1 Å². The zero-order chi connectivity index (χ0) is 12.7. The van der Waals surface area contributed by atoms with Crippen molar-refractivity contribution in [2.45, 2.75) is 25.7 Å². The van der Waals surface area contributed by atoms with Crippen LogP contribution >= 0.6 is 0 Å². The van der Waals surface area contributed by atoms with Crippen molar-refractivity contribution in [3.63, 3.8) is 0 Å². The van der Waals surface area contributed by atoms with Gasteiger partial charge in [-0.25, -0.2) is 0 Å². The highest BCUT2D eigenvalue weighted by Crippen LogP contribution is 2.36. The zero-order valence-electron chi connectivity index (χ0n) is 10.1. The topological polar surface area (TPSA) is 66.0 Å². The fraction of sp³-hybridized carbons (Fsp3) is 0.286. The molecule has 1 aromatic carbocycles. The van der Waals surface area contributed by atoms with Gasteiger partial charge in [-0.3, -0.25) is 9.89 Å². The molecule has 1 aromatic heterocycles. The van der Waals surface area contributed by atoms with Crippen LogP contribution in [0, 0.1) is 6.92 Å². The van der Waals surface area contributed by atoms with Crippen LogP contribution in [0.15, 0.2) is 24.3 Å². The van der Waals surface area contributed by atoms with Gasteiger partial charge in [-0.1, -0.05) is 18.2 Å². The molecule has 0 aliphatic heterocycles. The van der Waals surface area contributed by atoms with Gasteiger partial charge in [0.05, 0.1) is 11.3 Å². The highest BCUT2D eigenvalue weighted by molar-refractivity contribution is 5.99. The number of hydrogen-bond donors (Lipinski definition) is 2. The average molecular weight is 242 g/mol. The predicted octanol–water partition coefficient (Wildman–Crippen LogP) is 2.34. The molecule has 0 bridgehead atoms. The van der Waals surface area contributed by atoms with Gasteiger partial charge >= 0.3 is 0 Å². The summed E-state index contributed by atoms with van der Waals surface area (Å²) in [7, 11) is 0. The third-order valence-electron chi connectivity index (χ3n) is 3.55. The van der Waals surface area contributed by atoms with Crippen LogP contribution in [-0.2, 0) is 6.42 Å². The number of phenols is 1. The molecule has 92 valence electrons. The largest absolute Gasteiger partial charge is 0.508 e. The maximum absolute atomic E-state index is 12.1. The van der Waals surface area contributed by atoms with Crippen LogP contribution in [0.2, 0.25) is 0 Å². The van der Waals surface area contributed by atoms with Crippen LogP contribution in [0.25, 0.3) is 0 Å². The number of rotatable bonds is 1. The molecule has 3 rings (SSSR count). The number of aromatic nitrogens is 2. The number of fused-ring (bicyclic) bond motifs is 1. The van der Waals surface area contributed by atoms with Crippen LogP contribution < -0.4 is 0 Å². The lowest BCUT2D eigenvalue weighted by molar-refractivity contribution is 0.0963. The van der Waals surface area contributed by atoms with E-state index in [-0.39, 0.29) is 17.5 Å². The first-order valence-corrected chi connectivity index (χ1v) is 6.01. The quantitative estimate of drug-likeness (QED) is 0.806. The number of aromatic amines is 1. The lowest BCUT2D eigenvalue weighted by Gasteiger charge is -2.21. The number of benzene rings is 1. The number of para-hydroxylation sites is 1. The number of aryl methyl sites for hydroxylation is 1. The normalized spacial score (nSPS) is 18.7. The first-order valence-electron chi connectivity index (χ1n) is 6.01. The maximum Gasteiger partial charge on any atom is 0.167 e. The summed E-state index contributed by atoms with van der Waals surface area (Å²) in [6.07, 6.45) is 1.13. The second-order valence-corrected chi connectivity index (χ2v) is 4.76. The van der Waals surface area contributed by atoms with Gasteiger partial charge < -0.3 is 5.11 Å². The number of aromatic hydroxyl groups is 1. The molecule has 0 spiro atoms. The Bertz CT molecular complexity index is 616. The highest BCUT2D eigenvalue weighted by atomic mass is 16.3. The van der Waals surface area contributed by atoms with E-state index in [0.29, 0.717) is 12.8 Å². The Hall–Kier alpha value is -2.10. The fourth-order valence-corrected chi connectivity index (χ4v) is 2.68. The molecule has 4 heteroatoms. The van der Waals surface area contributed by atoms with Gasteiger partial charge in [0.1, 0.15) is 5.75 Å². The molecule has 0 saturated carbocycles. The summed E-state index contributed by atoms with van der Waals surface area (Å²) >= 11 is 0. The first kappa shape index (κ1) is 11.0. The third kappa shape index (κ3) is 1.61. The van der Waals surface area contributed by atoms with E-state index >= 15 is 0 Å². The summed E-state index contributed by atoms with van der Waals surface area (Å²) in [4.78, 5) is 12.1. The summed E-state index contributed by atoms with van der Waals surface area (Å²) in [5, 5.41) is 16.9. The molecule has 0 unspecified atom stereocenters. The van der Waals surface area contributed by atoms with Crippen molar-refractivity contribution < 1.29 is 9.90 Å². The molecule has 0 saturated heterocycles. The Morgan fingerprint density at radius 2 is 2.11 bits per heavy atom. The molecule has 2 N–H and O–H groups in total. The van der Waals surface area contributed by atoms with Crippen LogP contribution in [0.3, 0.4) is 0 Å². The van der Waals surface area contributed by atoms with Crippen molar-refractivity contribution in [1.29, 1.82) is 0 Å². The van der Waals surface area contributed by atoms with Gasteiger partial charge in [-0.2, -0.15) is 5.10 Å². The van der Waals surface area contributed by atoms with Gasteiger partial charge in [0.15, 0.2) is 5.78 Å². The molecule has 4 nitrogen and oxygen atoms in total. The average Bonchev–Trinajstić information content (AvgIpc) is 2.72. The molecule has 0 amide bonds. The Kier molecular flexibility index (Phi) is 2.44. The summed E-state index contributed by atoms with van der Waals surface area (Å²) in [6, 6.07) is 7.20. The van der Waals surface area contributed by atoms with Crippen molar-refractivity contribution in [3.05, 3.63) is 46.8 Å². The molecular weight excluding hydrogens is 228 g/mol. The molecule has 0 fully saturated rings. The van der Waals surface area contributed by atoms with Gasteiger partial charge in [-0.15, -0.1) is 0 Å². The number of H-pyrrole nitrogens is 1. The van der Waals surface area contributed by atoms with Gasteiger partial charge in [0.2, 0.25) is 0 Å². The Morgan fingerprint density at radius 3 is 2.89 bits per heavy atom. The fourth-order valence-electron chi connectivity index (χ4n) is 2.68. The Balaban J connectivity index is 2.00. The van der Waals surface area contributed by atoms with Gasteiger partial charge in [0.25, 0.3) is 0 Å². The molecule has 1 aliphatic rings. The van der Waals surface area contributed by atoms with Gasteiger partial charge in [0, 0.05) is 18.0 Å². The van der Waals surface area contributed by atoms with E-state index in [1.54, 1.807) is 12.1 Å². The number of hydrogen-bond acceptors (Lipinski definition) is 3. The minimum Gasteiger partial charge on any atom is -0.508 e. The minimum absolute atomic E-state index is 0.0221. The van der Waals surface area contributed by atoms with Crippen molar-refractivity contribution in [1.82, 2.24) is 10.2 Å². The number of Topliss-reactive ketones (excluding diaryl/α,β-unsaturated/α-hetero) is 1. The lowest BCUT2D eigenvalue weighted by atomic mass is 9.81. The molecule has 1 heterocycles. The summed E-state index contributed by atoms with van der Waals surface area (Å²) in [5.41, 5.74) is 3.22. The smallest absolute Gasteiger partial charge is 0.167 e. The van der Waals surface area contributed by atoms with E-state index in [9.17, 15) is 9.90 Å². The number of carbonyl (C=O) groups excluding carboxylic acids is 1. The number of ketones is 1. The van der Waals surface area contributed by atoms with Crippen LogP contribution in [0.1, 0.15) is 39.6 Å². The summed E-state index contributed by atoms with van der Waals surface area (Å²) < 4.78 is 0. The lowest BCUT2D eigenvalue weighted by Crippen LogP contribution is -2.18. The van der Waals surface area contributed by atoms with Crippen LogP contribution in [0.5, 0.6) is 5.75 Å². The molecule has 1 atom stereocenters. The van der Waals surface area contributed by atoms with Gasteiger partial charge in [-0.05, 0) is 25.0 Å². The van der Waals surface area contributed by atoms with Crippen molar-refractivity contribution >= 4 is 5.78 Å². The predicted molar refractivity (Wildman–Crippen MR) is 66.8 cm³/mol.